The third-order valence-electron chi connectivity index (χ3n) is 3.63. The molecule has 3 nitrogen and oxygen atoms in total. The monoisotopic (exact) mass is 234 g/mol. The Morgan fingerprint density at radius 1 is 1.41 bits per heavy atom. The van der Waals surface area contributed by atoms with Gasteiger partial charge in [-0.1, -0.05) is 13.0 Å². The van der Waals surface area contributed by atoms with Crippen LogP contribution < -0.4 is 0 Å². The number of β-amino-alcohol motifs (C(OH)–C–C–N with tert-alkyl or cyclic N) is 1. The SMILES string of the molecule is CCC(O)CN1CCC(c2ccccn2)CC1. The van der Waals surface area contributed by atoms with Crippen molar-refractivity contribution < 1.29 is 5.11 Å². The van der Waals surface area contributed by atoms with E-state index in [-0.39, 0.29) is 6.10 Å². The topological polar surface area (TPSA) is 36.4 Å². The fourth-order valence-corrected chi connectivity index (χ4v) is 2.46. The van der Waals surface area contributed by atoms with Crippen molar-refractivity contribution in [2.24, 2.45) is 0 Å². The Kier molecular flexibility index (Phi) is 4.51. The summed E-state index contributed by atoms with van der Waals surface area (Å²) in [5, 5.41) is 9.64. The number of rotatable bonds is 4. The highest BCUT2D eigenvalue weighted by Gasteiger charge is 2.22. The number of pyridine rings is 1. The summed E-state index contributed by atoms with van der Waals surface area (Å²) in [5.74, 6) is 0.603. The van der Waals surface area contributed by atoms with Gasteiger partial charge in [0.1, 0.15) is 0 Å². The van der Waals surface area contributed by atoms with Crippen molar-refractivity contribution in [3.05, 3.63) is 30.1 Å². The predicted octanol–water partition coefficient (Wildman–Crippen LogP) is 2.03. The highest BCUT2D eigenvalue weighted by Crippen LogP contribution is 2.26. The highest BCUT2D eigenvalue weighted by molar-refractivity contribution is 5.10. The van der Waals surface area contributed by atoms with Crippen molar-refractivity contribution in [3.8, 4) is 0 Å². The van der Waals surface area contributed by atoms with Gasteiger partial charge in [-0.3, -0.25) is 4.98 Å². The maximum absolute atomic E-state index is 9.64. The van der Waals surface area contributed by atoms with E-state index in [2.05, 4.69) is 22.0 Å². The standard InChI is InChI=1S/C14H22N2O/c1-2-13(17)11-16-9-6-12(7-10-16)14-5-3-4-8-15-14/h3-5,8,12-13,17H,2,6-7,9-11H2,1H3. The van der Waals surface area contributed by atoms with E-state index in [0.717, 1.165) is 38.9 Å². The van der Waals surface area contributed by atoms with Crippen LogP contribution in [0.25, 0.3) is 0 Å². The first kappa shape index (κ1) is 12.5. The van der Waals surface area contributed by atoms with Gasteiger partial charge in [-0.25, -0.2) is 0 Å². The summed E-state index contributed by atoms with van der Waals surface area (Å²) in [7, 11) is 0. The minimum absolute atomic E-state index is 0.165. The van der Waals surface area contributed by atoms with E-state index >= 15 is 0 Å². The molecule has 1 unspecified atom stereocenters. The number of piperidine rings is 1. The summed E-state index contributed by atoms with van der Waals surface area (Å²) in [6, 6.07) is 6.16. The van der Waals surface area contributed by atoms with Gasteiger partial charge in [-0.05, 0) is 44.5 Å². The van der Waals surface area contributed by atoms with Gasteiger partial charge in [-0.2, -0.15) is 0 Å². The van der Waals surface area contributed by atoms with Crippen LogP contribution in [0.4, 0.5) is 0 Å². The average Bonchev–Trinajstić information content (AvgIpc) is 2.40. The second-order valence-corrected chi connectivity index (χ2v) is 4.89. The minimum Gasteiger partial charge on any atom is -0.392 e. The van der Waals surface area contributed by atoms with Gasteiger partial charge in [-0.15, -0.1) is 0 Å². The second kappa shape index (κ2) is 6.12. The lowest BCUT2D eigenvalue weighted by Crippen LogP contribution is -2.38. The van der Waals surface area contributed by atoms with E-state index in [9.17, 15) is 5.11 Å². The molecule has 94 valence electrons. The first-order chi connectivity index (χ1) is 8.29. The molecule has 0 aromatic carbocycles. The van der Waals surface area contributed by atoms with E-state index < -0.39 is 0 Å². The Balaban J connectivity index is 1.82. The van der Waals surface area contributed by atoms with Crippen molar-refractivity contribution in [2.45, 2.75) is 38.2 Å². The molecule has 0 spiro atoms. The number of hydrogen-bond acceptors (Lipinski definition) is 3. The van der Waals surface area contributed by atoms with Crippen LogP contribution >= 0.6 is 0 Å². The number of likely N-dealkylation sites (tertiary alicyclic amines) is 1. The summed E-state index contributed by atoms with van der Waals surface area (Å²) < 4.78 is 0. The fourth-order valence-electron chi connectivity index (χ4n) is 2.46. The van der Waals surface area contributed by atoms with Crippen molar-refractivity contribution in [1.29, 1.82) is 0 Å². The van der Waals surface area contributed by atoms with E-state index in [1.54, 1.807) is 0 Å². The van der Waals surface area contributed by atoms with Gasteiger partial charge >= 0.3 is 0 Å². The first-order valence-electron chi connectivity index (χ1n) is 6.61. The average molecular weight is 234 g/mol. The third-order valence-corrected chi connectivity index (χ3v) is 3.63. The minimum atomic E-state index is -0.165. The molecular formula is C14H22N2O. The van der Waals surface area contributed by atoms with Crippen LogP contribution in [0.3, 0.4) is 0 Å². The second-order valence-electron chi connectivity index (χ2n) is 4.89. The Bertz CT molecular complexity index is 320. The van der Waals surface area contributed by atoms with E-state index in [1.165, 1.54) is 5.69 Å². The molecule has 1 aromatic heterocycles. The molecule has 1 aliphatic rings. The molecule has 0 bridgehead atoms. The molecule has 1 aromatic rings. The molecule has 2 rings (SSSR count). The number of aromatic nitrogens is 1. The summed E-state index contributed by atoms with van der Waals surface area (Å²) in [6.45, 7) is 5.02. The Labute approximate surface area is 103 Å². The summed E-state index contributed by atoms with van der Waals surface area (Å²) in [4.78, 5) is 6.81. The van der Waals surface area contributed by atoms with Crippen LogP contribution in [0.5, 0.6) is 0 Å². The largest absolute Gasteiger partial charge is 0.392 e. The van der Waals surface area contributed by atoms with Gasteiger partial charge in [0.05, 0.1) is 6.10 Å². The molecule has 1 fully saturated rings. The van der Waals surface area contributed by atoms with Crippen LogP contribution in [0.15, 0.2) is 24.4 Å². The van der Waals surface area contributed by atoms with Gasteiger partial charge < -0.3 is 10.0 Å². The third kappa shape index (κ3) is 3.51. The molecule has 3 heteroatoms. The maximum atomic E-state index is 9.64. The van der Waals surface area contributed by atoms with E-state index in [0.29, 0.717) is 5.92 Å². The normalized spacial score (nSPS) is 20.4. The van der Waals surface area contributed by atoms with Gasteiger partial charge in [0.25, 0.3) is 0 Å². The van der Waals surface area contributed by atoms with Crippen LogP contribution in [0, 0.1) is 0 Å². The lowest BCUT2D eigenvalue weighted by atomic mass is 9.93. The van der Waals surface area contributed by atoms with Crippen molar-refractivity contribution in [1.82, 2.24) is 9.88 Å². The quantitative estimate of drug-likeness (QED) is 0.866. The molecular weight excluding hydrogens is 212 g/mol. The molecule has 0 radical (unpaired) electrons. The van der Waals surface area contributed by atoms with Crippen molar-refractivity contribution in [2.75, 3.05) is 19.6 Å². The Hall–Kier alpha value is -0.930. The number of aliphatic hydroxyl groups is 1. The summed E-state index contributed by atoms with van der Waals surface area (Å²) in [6.07, 6.45) is 4.88. The molecule has 0 amide bonds. The van der Waals surface area contributed by atoms with Crippen LogP contribution in [-0.2, 0) is 0 Å². The summed E-state index contributed by atoms with van der Waals surface area (Å²) in [5.41, 5.74) is 1.23. The van der Waals surface area contributed by atoms with Crippen molar-refractivity contribution in [3.63, 3.8) is 0 Å². The van der Waals surface area contributed by atoms with Crippen LogP contribution in [0.1, 0.15) is 37.8 Å². The molecule has 0 saturated carbocycles. The Morgan fingerprint density at radius 3 is 2.76 bits per heavy atom. The maximum Gasteiger partial charge on any atom is 0.0664 e. The molecule has 0 aliphatic carbocycles. The zero-order chi connectivity index (χ0) is 12.1. The lowest BCUT2D eigenvalue weighted by Gasteiger charge is -2.32. The molecule has 1 saturated heterocycles. The molecule has 17 heavy (non-hydrogen) atoms. The summed E-state index contributed by atoms with van der Waals surface area (Å²) >= 11 is 0. The molecule has 1 N–H and O–H groups in total. The predicted molar refractivity (Wildman–Crippen MR) is 68.9 cm³/mol. The van der Waals surface area contributed by atoms with Gasteiger partial charge in [0.2, 0.25) is 0 Å². The molecule has 2 heterocycles. The van der Waals surface area contributed by atoms with Crippen molar-refractivity contribution >= 4 is 0 Å². The zero-order valence-electron chi connectivity index (χ0n) is 10.5. The lowest BCUT2D eigenvalue weighted by molar-refractivity contribution is 0.0941. The molecule has 1 atom stereocenters. The Morgan fingerprint density at radius 2 is 2.18 bits per heavy atom. The van der Waals surface area contributed by atoms with Gasteiger partial charge in [0, 0.05) is 24.4 Å². The van der Waals surface area contributed by atoms with Crippen LogP contribution in [-0.4, -0.2) is 40.7 Å². The molecule has 1 aliphatic heterocycles. The number of nitrogens with zero attached hydrogens (tertiary/aromatic N) is 2. The fraction of sp³-hybridized carbons (Fsp3) is 0.643. The number of hydrogen-bond donors (Lipinski definition) is 1. The first-order valence-corrected chi connectivity index (χ1v) is 6.61. The smallest absolute Gasteiger partial charge is 0.0664 e. The van der Waals surface area contributed by atoms with Crippen LogP contribution in [0.2, 0.25) is 0 Å². The van der Waals surface area contributed by atoms with E-state index in [4.69, 9.17) is 0 Å². The van der Waals surface area contributed by atoms with E-state index in [1.807, 2.05) is 19.2 Å². The highest BCUT2D eigenvalue weighted by atomic mass is 16.3. The number of aliphatic hydroxyl groups excluding tert-OH is 1. The zero-order valence-corrected chi connectivity index (χ0v) is 10.5. The van der Waals surface area contributed by atoms with Gasteiger partial charge in [0.15, 0.2) is 0 Å².